The molecule has 1 amide bonds. The summed E-state index contributed by atoms with van der Waals surface area (Å²) in [7, 11) is 3.17. The minimum Gasteiger partial charge on any atom is -0.497 e. The van der Waals surface area contributed by atoms with E-state index in [-0.39, 0.29) is 5.91 Å². The summed E-state index contributed by atoms with van der Waals surface area (Å²) < 4.78 is 10.6. The highest BCUT2D eigenvalue weighted by atomic mass is 32.1. The maximum atomic E-state index is 12.9. The molecule has 0 aliphatic carbocycles. The van der Waals surface area contributed by atoms with Crippen LogP contribution in [0.2, 0.25) is 0 Å². The van der Waals surface area contributed by atoms with E-state index in [1.165, 1.54) is 4.88 Å². The SMILES string of the molecule is COc1ccc(C(=O)N2CCN(Cc3nc(C)c(C)s3)CC2)c(OC)c1. The average molecular weight is 375 g/mol. The molecule has 1 aromatic carbocycles. The molecule has 1 saturated heterocycles. The van der Waals surface area contributed by atoms with E-state index < -0.39 is 0 Å². The number of hydrogen-bond acceptors (Lipinski definition) is 6. The van der Waals surface area contributed by atoms with Gasteiger partial charge in [0.1, 0.15) is 16.5 Å². The number of carbonyl (C=O) groups is 1. The number of carbonyl (C=O) groups excluding carboxylic acids is 1. The first-order chi connectivity index (χ1) is 12.5. The largest absolute Gasteiger partial charge is 0.497 e. The zero-order chi connectivity index (χ0) is 18.7. The Balaban J connectivity index is 1.61. The fraction of sp³-hybridized carbons (Fsp3) is 0.474. The van der Waals surface area contributed by atoms with Crippen molar-refractivity contribution in [3.63, 3.8) is 0 Å². The zero-order valence-corrected chi connectivity index (χ0v) is 16.6. The first kappa shape index (κ1) is 18.7. The van der Waals surface area contributed by atoms with E-state index in [2.05, 4.69) is 16.8 Å². The molecule has 1 aromatic heterocycles. The molecule has 3 rings (SSSR count). The van der Waals surface area contributed by atoms with Crippen LogP contribution in [0.25, 0.3) is 0 Å². The van der Waals surface area contributed by atoms with E-state index in [1.54, 1.807) is 43.8 Å². The van der Waals surface area contributed by atoms with Gasteiger partial charge in [-0.2, -0.15) is 0 Å². The van der Waals surface area contributed by atoms with Gasteiger partial charge in [0.05, 0.1) is 32.0 Å². The second-order valence-corrected chi connectivity index (χ2v) is 7.67. The molecule has 1 aliphatic rings. The Kier molecular flexibility index (Phi) is 5.78. The fourth-order valence-electron chi connectivity index (χ4n) is 3.05. The molecule has 1 aliphatic heterocycles. The number of thiazole rings is 1. The van der Waals surface area contributed by atoms with Gasteiger partial charge in [-0.15, -0.1) is 11.3 Å². The second kappa shape index (κ2) is 8.05. The summed E-state index contributed by atoms with van der Waals surface area (Å²) in [6, 6.07) is 5.31. The Morgan fingerprint density at radius 3 is 2.46 bits per heavy atom. The zero-order valence-electron chi connectivity index (χ0n) is 15.7. The number of hydrogen-bond donors (Lipinski definition) is 0. The number of aromatic nitrogens is 1. The van der Waals surface area contributed by atoms with Gasteiger partial charge in [-0.3, -0.25) is 9.69 Å². The van der Waals surface area contributed by atoms with Crippen molar-refractivity contribution in [1.82, 2.24) is 14.8 Å². The van der Waals surface area contributed by atoms with Crippen molar-refractivity contribution in [3.05, 3.63) is 39.3 Å². The van der Waals surface area contributed by atoms with Crippen LogP contribution in [-0.4, -0.2) is 61.1 Å². The van der Waals surface area contributed by atoms with Gasteiger partial charge < -0.3 is 14.4 Å². The molecule has 26 heavy (non-hydrogen) atoms. The summed E-state index contributed by atoms with van der Waals surface area (Å²) in [4.78, 5) is 23.0. The number of rotatable bonds is 5. The lowest BCUT2D eigenvalue weighted by Crippen LogP contribution is -2.48. The molecule has 0 saturated carbocycles. The first-order valence-electron chi connectivity index (χ1n) is 8.68. The van der Waals surface area contributed by atoms with Crippen molar-refractivity contribution in [2.45, 2.75) is 20.4 Å². The smallest absolute Gasteiger partial charge is 0.257 e. The number of aryl methyl sites for hydroxylation is 2. The Morgan fingerprint density at radius 2 is 1.88 bits per heavy atom. The van der Waals surface area contributed by atoms with Crippen LogP contribution < -0.4 is 9.47 Å². The normalized spacial score (nSPS) is 15.2. The minimum atomic E-state index is 0.00471. The molecule has 6 nitrogen and oxygen atoms in total. The first-order valence-corrected chi connectivity index (χ1v) is 9.50. The van der Waals surface area contributed by atoms with Crippen LogP contribution in [0.5, 0.6) is 11.5 Å². The van der Waals surface area contributed by atoms with Crippen LogP contribution in [0, 0.1) is 13.8 Å². The molecular weight excluding hydrogens is 350 g/mol. The molecule has 0 N–H and O–H groups in total. The van der Waals surface area contributed by atoms with Crippen LogP contribution in [0.1, 0.15) is 25.9 Å². The summed E-state index contributed by atoms with van der Waals surface area (Å²) in [6.45, 7) is 8.12. The standard InChI is InChI=1S/C19H25N3O3S/c1-13-14(2)26-18(20-13)12-21-7-9-22(10-8-21)19(23)16-6-5-15(24-3)11-17(16)25-4/h5-6,11H,7-10,12H2,1-4H3. The van der Waals surface area contributed by atoms with Gasteiger partial charge in [0.25, 0.3) is 5.91 Å². The molecule has 140 valence electrons. The molecule has 1 fully saturated rings. The lowest BCUT2D eigenvalue weighted by atomic mass is 10.1. The summed E-state index contributed by atoms with van der Waals surface area (Å²) in [6.07, 6.45) is 0. The molecule has 0 unspecified atom stereocenters. The number of methoxy groups -OCH3 is 2. The van der Waals surface area contributed by atoms with Crippen LogP contribution >= 0.6 is 11.3 Å². The van der Waals surface area contributed by atoms with Crippen LogP contribution in [0.3, 0.4) is 0 Å². The van der Waals surface area contributed by atoms with E-state index >= 15 is 0 Å². The van der Waals surface area contributed by atoms with Crippen LogP contribution in [-0.2, 0) is 6.54 Å². The lowest BCUT2D eigenvalue weighted by Gasteiger charge is -2.34. The van der Waals surface area contributed by atoms with Crippen molar-refractivity contribution in [3.8, 4) is 11.5 Å². The van der Waals surface area contributed by atoms with Gasteiger partial charge in [-0.1, -0.05) is 0 Å². The van der Waals surface area contributed by atoms with Crippen LogP contribution in [0.15, 0.2) is 18.2 Å². The van der Waals surface area contributed by atoms with E-state index in [0.29, 0.717) is 30.2 Å². The highest BCUT2D eigenvalue weighted by Crippen LogP contribution is 2.26. The molecule has 2 aromatic rings. The summed E-state index contributed by atoms with van der Waals surface area (Å²) in [5.74, 6) is 1.23. The van der Waals surface area contributed by atoms with Crippen LogP contribution in [0.4, 0.5) is 0 Å². The predicted molar refractivity (Wildman–Crippen MR) is 102 cm³/mol. The topological polar surface area (TPSA) is 54.9 Å². The highest BCUT2D eigenvalue weighted by Gasteiger charge is 2.25. The van der Waals surface area contributed by atoms with Gasteiger partial charge in [0.15, 0.2) is 0 Å². The predicted octanol–water partition coefficient (Wildman–Crippen LogP) is 2.74. The third-order valence-corrected chi connectivity index (χ3v) is 5.79. The van der Waals surface area contributed by atoms with E-state index in [4.69, 9.17) is 9.47 Å². The molecular formula is C19H25N3O3S. The Bertz CT molecular complexity index is 763. The minimum absolute atomic E-state index is 0.00471. The maximum Gasteiger partial charge on any atom is 0.257 e. The molecule has 7 heteroatoms. The van der Waals surface area contributed by atoms with Gasteiger partial charge in [0, 0.05) is 37.1 Å². The Morgan fingerprint density at radius 1 is 1.15 bits per heavy atom. The van der Waals surface area contributed by atoms with Crippen molar-refractivity contribution in [2.75, 3.05) is 40.4 Å². The molecule has 0 atom stereocenters. The lowest BCUT2D eigenvalue weighted by molar-refractivity contribution is 0.0625. The number of ether oxygens (including phenoxy) is 2. The van der Waals surface area contributed by atoms with E-state index in [0.717, 1.165) is 30.3 Å². The maximum absolute atomic E-state index is 12.9. The van der Waals surface area contributed by atoms with E-state index in [1.807, 2.05) is 11.8 Å². The van der Waals surface area contributed by atoms with Crippen molar-refractivity contribution >= 4 is 17.2 Å². The number of amides is 1. The molecule has 2 heterocycles. The van der Waals surface area contributed by atoms with Crippen molar-refractivity contribution in [1.29, 1.82) is 0 Å². The molecule has 0 bridgehead atoms. The third-order valence-electron chi connectivity index (χ3n) is 4.73. The van der Waals surface area contributed by atoms with Gasteiger partial charge in [0.2, 0.25) is 0 Å². The van der Waals surface area contributed by atoms with Gasteiger partial charge in [-0.05, 0) is 26.0 Å². The summed E-state index contributed by atoms with van der Waals surface area (Å²) >= 11 is 1.76. The third kappa shape index (κ3) is 3.99. The number of nitrogens with zero attached hydrogens (tertiary/aromatic N) is 3. The quantitative estimate of drug-likeness (QED) is 0.804. The summed E-state index contributed by atoms with van der Waals surface area (Å²) in [5, 5.41) is 1.15. The Labute approximate surface area is 158 Å². The number of benzene rings is 1. The summed E-state index contributed by atoms with van der Waals surface area (Å²) in [5.41, 5.74) is 1.69. The average Bonchev–Trinajstić information content (AvgIpc) is 2.98. The van der Waals surface area contributed by atoms with Gasteiger partial charge >= 0.3 is 0 Å². The monoisotopic (exact) mass is 375 g/mol. The Hall–Kier alpha value is -2.12. The van der Waals surface area contributed by atoms with Gasteiger partial charge in [-0.25, -0.2) is 4.98 Å². The number of piperazine rings is 1. The molecule has 0 radical (unpaired) electrons. The van der Waals surface area contributed by atoms with Crippen molar-refractivity contribution < 1.29 is 14.3 Å². The fourth-order valence-corrected chi connectivity index (χ4v) is 4.03. The highest BCUT2D eigenvalue weighted by molar-refractivity contribution is 7.11. The second-order valence-electron chi connectivity index (χ2n) is 6.38. The van der Waals surface area contributed by atoms with E-state index in [9.17, 15) is 4.79 Å². The van der Waals surface area contributed by atoms with Crippen molar-refractivity contribution in [2.24, 2.45) is 0 Å². The molecule has 0 spiro atoms.